The van der Waals surface area contributed by atoms with Crippen LogP contribution < -0.4 is 16.4 Å². The molecule has 1 unspecified atom stereocenters. The van der Waals surface area contributed by atoms with Crippen molar-refractivity contribution in [2.24, 2.45) is 4.58 Å². The third-order valence-corrected chi connectivity index (χ3v) is 3.41. The molecule has 2 amide bonds. The maximum absolute atomic E-state index is 12.3. The molecule has 1 aromatic rings. The average Bonchev–Trinajstić information content (AvgIpc) is 2.38. The number of carbonyl (C=O) groups is 2. The molecule has 0 radical (unpaired) electrons. The van der Waals surface area contributed by atoms with Crippen LogP contribution in [-0.2, 0) is 9.59 Å². The molecule has 114 valence electrons. The van der Waals surface area contributed by atoms with Gasteiger partial charge in [0.15, 0.2) is 0 Å². The first kappa shape index (κ1) is 16.9. The van der Waals surface area contributed by atoms with E-state index in [1.807, 2.05) is 0 Å². The summed E-state index contributed by atoms with van der Waals surface area (Å²) in [7, 11) is 0. The third-order valence-electron chi connectivity index (χ3n) is 2.63. The van der Waals surface area contributed by atoms with Crippen LogP contribution in [0.5, 0.6) is 0 Å². The molecule has 0 aliphatic carbocycles. The van der Waals surface area contributed by atoms with Crippen LogP contribution in [0.2, 0.25) is 0 Å². The molecule has 1 heterocycles. The van der Waals surface area contributed by atoms with Crippen molar-refractivity contribution in [3.05, 3.63) is 23.2 Å². The summed E-state index contributed by atoms with van der Waals surface area (Å²) in [6, 6.07) is 2.19. The second-order valence-corrected chi connectivity index (χ2v) is 6.25. The first-order valence-electron chi connectivity index (χ1n) is 6.06. The topological polar surface area (TPSA) is 127 Å². The van der Waals surface area contributed by atoms with Gasteiger partial charge in [-0.15, -0.1) is 4.91 Å². The second kappa shape index (κ2) is 7.02. The molecule has 0 saturated heterocycles. The van der Waals surface area contributed by atoms with Crippen molar-refractivity contribution in [2.45, 2.75) is 31.6 Å². The number of nitrogens with zero attached hydrogens (tertiary/aromatic N) is 2. The van der Waals surface area contributed by atoms with Crippen LogP contribution in [-0.4, -0.2) is 27.6 Å². The van der Waals surface area contributed by atoms with E-state index in [4.69, 9.17) is 5.73 Å². The molecule has 9 heteroatoms. The van der Waals surface area contributed by atoms with E-state index < -0.39 is 16.7 Å². The number of nitrogens with two attached hydrogens (primary N) is 1. The molecule has 1 atom stereocenters. The first-order valence-corrected chi connectivity index (χ1v) is 6.84. The number of anilines is 2. The van der Waals surface area contributed by atoms with E-state index in [1.54, 1.807) is 19.9 Å². The van der Waals surface area contributed by atoms with Gasteiger partial charge in [0.05, 0.1) is 16.6 Å². The minimum absolute atomic E-state index is 0.326. The number of rotatable bonds is 6. The van der Waals surface area contributed by atoms with Crippen molar-refractivity contribution in [2.75, 3.05) is 11.1 Å². The zero-order valence-corrected chi connectivity index (χ0v) is 12.7. The van der Waals surface area contributed by atoms with Crippen molar-refractivity contribution in [1.82, 2.24) is 10.3 Å². The molecule has 1 rings (SSSR count). The fourth-order valence-electron chi connectivity index (χ4n) is 1.60. The SMILES string of the molecule is CC(=O)NC(C(=O)Nc1ccc(N)nc1)C(C)(C)SN=O. The van der Waals surface area contributed by atoms with E-state index in [0.29, 0.717) is 23.5 Å². The molecule has 0 spiro atoms. The van der Waals surface area contributed by atoms with Gasteiger partial charge in [0.2, 0.25) is 11.8 Å². The lowest BCUT2D eigenvalue weighted by molar-refractivity contribution is -0.125. The van der Waals surface area contributed by atoms with Crippen LogP contribution >= 0.6 is 11.9 Å². The van der Waals surface area contributed by atoms with Crippen LogP contribution in [0, 0.1) is 4.91 Å². The van der Waals surface area contributed by atoms with Gasteiger partial charge in [0, 0.05) is 23.5 Å². The lowest BCUT2D eigenvalue weighted by atomic mass is 10.0. The van der Waals surface area contributed by atoms with Gasteiger partial charge in [0.1, 0.15) is 11.9 Å². The van der Waals surface area contributed by atoms with Gasteiger partial charge >= 0.3 is 0 Å². The number of nitrogen functional groups attached to an aromatic ring is 1. The van der Waals surface area contributed by atoms with Crippen LogP contribution in [0.1, 0.15) is 20.8 Å². The molecule has 0 aliphatic heterocycles. The predicted molar refractivity (Wildman–Crippen MR) is 82.3 cm³/mol. The quantitative estimate of drug-likeness (QED) is 0.537. The Labute approximate surface area is 126 Å². The molecular weight excluding hydrogens is 294 g/mol. The molecule has 0 bridgehead atoms. The van der Waals surface area contributed by atoms with Gasteiger partial charge in [-0.25, -0.2) is 4.98 Å². The second-order valence-electron chi connectivity index (χ2n) is 4.86. The Morgan fingerprint density at radius 2 is 2.10 bits per heavy atom. The largest absolute Gasteiger partial charge is 0.384 e. The van der Waals surface area contributed by atoms with E-state index in [1.165, 1.54) is 19.2 Å². The van der Waals surface area contributed by atoms with Crippen LogP contribution in [0.3, 0.4) is 0 Å². The highest BCUT2D eigenvalue weighted by Gasteiger charge is 2.37. The molecular formula is C12H17N5O3S. The number of hydrogen-bond donors (Lipinski definition) is 3. The number of carbonyl (C=O) groups excluding carboxylic acids is 2. The van der Waals surface area contributed by atoms with Gasteiger partial charge in [-0.1, -0.05) is 0 Å². The minimum Gasteiger partial charge on any atom is -0.384 e. The normalized spacial score (nSPS) is 12.3. The predicted octanol–water partition coefficient (Wildman–Crippen LogP) is 1.30. The van der Waals surface area contributed by atoms with E-state index in [2.05, 4.69) is 20.2 Å². The Morgan fingerprint density at radius 1 is 1.43 bits per heavy atom. The summed E-state index contributed by atoms with van der Waals surface area (Å²) < 4.78 is 1.84. The van der Waals surface area contributed by atoms with Crippen LogP contribution in [0.15, 0.2) is 22.9 Å². The first-order chi connectivity index (χ1) is 9.76. The van der Waals surface area contributed by atoms with Crippen molar-refractivity contribution < 1.29 is 9.59 Å². The highest BCUT2D eigenvalue weighted by Crippen LogP contribution is 2.29. The smallest absolute Gasteiger partial charge is 0.248 e. The average molecular weight is 311 g/mol. The van der Waals surface area contributed by atoms with E-state index >= 15 is 0 Å². The van der Waals surface area contributed by atoms with Gasteiger partial charge in [0.25, 0.3) is 0 Å². The maximum Gasteiger partial charge on any atom is 0.248 e. The molecule has 0 aliphatic rings. The number of nitroso groups, excluding NO2 is 1. The zero-order valence-electron chi connectivity index (χ0n) is 11.9. The monoisotopic (exact) mass is 311 g/mol. The van der Waals surface area contributed by atoms with Gasteiger partial charge in [-0.3, -0.25) is 9.59 Å². The Hall–Kier alpha value is -2.16. The zero-order chi connectivity index (χ0) is 16.0. The fourth-order valence-corrected chi connectivity index (χ4v) is 2.06. The standard InChI is InChI=1S/C12H17N5O3S/c1-7(18)15-10(12(2,3)21-17-20)11(19)16-8-4-5-9(13)14-6-8/h4-6,10H,1-3H3,(H2,13,14)(H,15,18)(H,16,19). The summed E-state index contributed by atoms with van der Waals surface area (Å²) >= 11 is 0.683. The summed E-state index contributed by atoms with van der Waals surface area (Å²) in [6.07, 6.45) is 1.40. The molecule has 0 aromatic carbocycles. The molecule has 8 nitrogen and oxygen atoms in total. The number of hydrogen-bond acceptors (Lipinski definition) is 7. The van der Waals surface area contributed by atoms with Gasteiger partial charge in [-0.05, 0) is 26.0 Å². The molecule has 0 saturated carbocycles. The molecule has 1 aromatic heterocycles. The number of aromatic nitrogens is 1. The summed E-state index contributed by atoms with van der Waals surface area (Å²) in [4.78, 5) is 37.9. The van der Waals surface area contributed by atoms with Crippen molar-refractivity contribution in [3.8, 4) is 0 Å². The highest BCUT2D eigenvalue weighted by atomic mass is 32.2. The minimum atomic E-state index is -0.935. The van der Waals surface area contributed by atoms with Crippen LogP contribution in [0.25, 0.3) is 0 Å². The highest BCUT2D eigenvalue weighted by molar-refractivity contribution is 7.99. The lowest BCUT2D eigenvalue weighted by Crippen LogP contribution is -2.53. The Bertz CT molecular complexity index is 532. The van der Waals surface area contributed by atoms with Gasteiger partial charge < -0.3 is 16.4 Å². The maximum atomic E-state index is 12.3. The number of pyridine rings is 1. The summed E-state index contributed by atoms with van der Waals surface area (Å²) in [5, 5.41) is 5.13. The Morgan fingerprint density at radius 3 is 2.57 bits per heavy atom. The fraction of sp³-hybridized carbons (Fsp3) is 0.417. The summed E-state index contributed by atoms with van der Waals surface area (Å²) in [6.45, 7) is 4.57. The van der Waals surface area contributed by atoms with E-state index in [0.717, 1.165) is 0 Å². The molecule has 21 heavy (non-hydrogen) atoms. The van der Waals surface area contributed by atoms with Crippen molar-refractivity contribution in [1.29, 1.82) is 0 Å². The van der Waals surface area contributed by atoms with Crippen molar-refractivity contribution in [3.63, 3.8) is 0 Å². The summed E-state index contributed by atoms with van der Waals surface area (Å²) in [5.74, 6) is -0.532. The van der Waals surface area contributed by atoms with E-state index in [-0.39, 0.29) is 5.91 Å². The summed E-state index contributed by atoms with van der Waals surface area (Å²) in [5.41, 5.74) is 5.90. The van der Waals surface area contributed by atoms with Crippen molar-refractivity contribution >= 4 is 35.3 Å². The molecule has 0 fully saturated rings. The Kier molecular flexibility index (Phi) is 5.65. The molecule has 4 N–H and O–H groups in total. The number of nitrogens with one attached hydrogen (secondary N) is 2. The number of amides is 2. The van der Waals surface area contributed by atoms with E-state index in [9.17, 15) is 14.5 Å². The third kappa shape index (κ3) is 5.03. The van der Waals surface area contributed by atoms with Crippen LogP contribution in [0.4, 0.5) is 11.5 Å². The van der Waals surface area contributed by atoms with Gasteiger partial charge in [-0.2, -0.15) is 0 Å². The Balaban J connectivity index is 2.91. The lowest BCUT2D eigenvalue weighted by Gasteiger charge is -2.30.